The van der Waals surface area contributed by atoms with Gasteiger partial charge in [-0.25, -0.2) is 4.39 Å². The standard InChI is InChI=1S/C16H12BFO/c18-16-11-10-15(13-8-4-5-9-14(13)16)17(19)12-6-2-1-3-7-12/h1-11,19H. The Morgan fingerprint density at radius 3 is 2.11 bits per heavy atom. The Kier molecular flexibility index (Phi) is 3.06. The fraction of sp³-hybridized carbons (Fsp3) is 0. The van der Waals surface area contributed by atoms with Gasteiger partial charge in [0.2, 0.25) is 0 Å². The van der Waals surface area contributed by atoms with Gasteiger partial charge in [0, 0.05) is 5.39 Å². The van der Waals surface area contributed by atoms with Crippen LogP contribution in [0.15, 0.2) is 66.7 Å². The molecule has 0 aliphatic carbocycles. The molecule has 92 valence electrons. The summed E-state index contributed by atoms with van der Waals surface area (Å²) in [7, 11) is 0. The van der Waals surface area contributed by atoms with Crippen molar-refractivity contribution in [3.63, 3.8) is 0 Å². The highest BCUT2D eigenvalue weighted by Gasteiger charge is 2.19. The fourth-order valence-electron chi connectivity index (χ4n) is 2.34. The first-order chi connectivity index (χ1) is 9.27. The van der Waals surface area contributed by atoms with Gasteiger partial charge in [-0.1, -0.05) is 60.7 Å². The van der Waals surface area contributed by atoms with Crippen molar-refractivity contribution < 1.29 is 9.41 Å². The zero-order chi connectivity index (χ0) is 13.2. The van der Waals surface area contributed by atoms with E-state index in [-0.39, 0.29) is 5.82 Å². The van der Waals surface area contributed by atoms with Crippen LogP contribution in [0.1, 0.15) is 0 Å². The number of halogens is 1. The van der Waals surface area contributed by atoms with Crippen molar-refractivity contribution in [1.82, 2.24) is 0 Å². The predicted molar refractivity (Wildman–Crippen MR) is 77.6 cm³/mol. The number of hydrogen-bond acceptors (Lipinski definition) is 1. The summed E-state index contributed by atoms with van der Waals surface area (Å²) in [6, 6.07) is 19.6. The highest BCUT2D eigenvalue weighted by atomic mass is 19.1. The lowest BCUT2D eigenvalue weighted by molar-refractivity contribution is 0.600. The van der Waals surface area contributed by atoms with Gasteiger partial charge in [-0.2, -0.15) is 0 Å². The second-order valence-electron chi connectivity index (χ2n) is 4.50. The van der Waals surface area contributed by atoms with Crippen LogP contribution in [-0.4, -0.2) is 11.9 Å². The molecular weight excluding hydrogens is 238 g/mol. The minimum absolute atomic E-state index is 0.264. The molecule has 1 nitrogen and oxygen atoms in total. The lowest BCUT2D eigenvalue weighted by atomic mass is 9.55. The van der Waals surface area contributed by atoms with E-state index in [9.17, 15) is 9.41 Å². The van der Waals surface area contributed by atoms with Crippen LogP contribution < -0.4 is 10.9 Å². The topological polar surface area (TPSA) is 20.2 Å². The molecule has 0 atom stereocenters. The molecule has 1 N–H and O–H groups in total. The maximum atomic E-state index is 13.8. The largest absolute Gasteiger partial charge is 0.443 e. The highest BCUT2D eigenvalue weighted by Crippen LogP contribution is 2.15. The summed E-state index contributed by atoms with van der Waals surface area (Å²) < 4.78 is 13.8. The van der Waals surface area contributed by atoms with Crippen molar-refractivity contribution in [1.29, 1.82) is 0 Å². The molecule has 0 saturated heterocycles. The Labute approximate surface area is 111 Å². The Morgan fingerprint density at radius 2 is 1.37 bits per heavy atom. The molecule has 19 heavy (non-hydrogen) atoms. The normalized spacial score (nSPS) is 10.6. The molecule has 0 aliphatic rings. The summed E-state index contributed by atoms with van der Waals surface area (Å²) in [4.78, 5) is 0. The lowest BCUT2D eigenvalue weighted by Crippen LogP contribution is -2.42. The van der Waals surface area contributed by atoms with Gasteiger partial charge in [0.1, 0.15) is 5.82 Å². The average molecular weight is 250 g/mol. The molecule has 3 rings (SSSR count). The molecule has 3 heteroatoms. The number of fused-ring (bicyclic) bond motifs is 1. The van der Waals surface area contributed by atoms with E-state index in [1.165, 1.54) is 6.07 Å². The Bertz CT molecular complexity index is 712. The quantitative estimate of drug-likeness (QED) is 0.690. The third kappa shape index (κ3) is 2.13. The molecule has 0 bridgehead atoms. The van der Waals surface area contributed by atoms with Gasteiger partial charge in [-0.05, 0) is 22.4 Å². The molecular formula is C16H12BFO. The SMILES string of the molecule is OB(c1ccccc1)c1ccc(F)c2ccccc12. The first kappa shape index (κ1) is 11.9. The van der Waals surface area contributed by atoms with Crippen LogP contribution in [-0.2, 0) is 0 Å². The summed E-state index contributed by atoms with van der Waals surface area (Å²) in [6.07, 6.45) is 0. The molecule has 0 spiro atoms. The third-order valence-electron chi connectivity index (χ3n) is 3.31. The van der Waals surface area contributed by atoms with E-state index < -0.39 is 6.92 Å². The van der Waals surface area contributed by atoms with Gasteiger partial charge >= 0.3 is 6.92 Å². The zero-order valence-corrected chi connectivity index (χ0v) is 10.3. The van der Waals surface area contributed by atoms with Gasteiger partial charge in [0.25, 0.3) is 0 Å². The van der Waals surface area contributed by atoms with Gasteiger partial charge in [-0.3, -0.25) is 0 Å². The van der Waals surface area contributed by atoms with E-state index in [1.807, 2.05) is 42.5 Å². The van der Waals surface area contributed by atoms with Crippen LogP contribution in [0.25, 0.3) is 10.8 Å². The molecule has 0 heterocycles. The van der Waals surface area contributed by atoms with Crippen molar-refractivity contribution in [3.8, 4) is 0 Å². The highest BCUT2D eigenvalue weighted by molar-refractivity contribution is 6.80. The minimum Gasteiger partial charge on any atom is -0.443 e. The van der Waals surface area contributed by atoms with Crippen LogP contribution in [0.5, 0.6) is 0 Å². The second kappa shape index (κ2) is 4.86. The van der Waals surface area contributed by atoms with Gasteiger partial charge in [0.05, 0.1) is 0 Å². The van der Waals surface area contributed by atoms with E-state index in [0.29, 0.717) is 5.39 Å². The average Bonchev–Trinajstić information content (AvgIpc) is 2.48. The van der Waals surface area contributed by atoms with Crippen molar-refractivity contribution in [3.05, 3.63) is 72.5 Å². The van der Waals surface area contributed by atoms with Crippen LogP contribution in [0.2, 0.25) is 0 Å². The summed E-state index contributed by atoms with van der Waals surface area (Å²) in [5.74, 6) is -0.264. The number of rotatable bonds is 2. The first-order valence-electron chi connectivity index (χ1n) is 6.17. The van der Waals surface area contributed by atoms with E-state index in [1.54, 1.807) is 18.2 Å². The smallest absolute Gasteiger partial charge is 0.359 e. The molecule has 0 saturated carbocycles. The minimum atomic E-state index is -0.744. The van der Waals surface area contributed by atoms with Gasteiger partial charge < -0.3 is 5.02 Å². The predicted octanol–water partition coefficient (Wildman–Crippen LogP) is 2.08. The summed E-state index contributed by atoms with van der Waals surface area (Å²) in [5.41, 5.74) is 1.53. The molecule has 0 amide bonds. The van der Waals surface area contributed by atoms with Crippen molar-refractivity contribution in [2.24, 2.45) is 0 Å². The van der Waals surface area contributed by atoms with E-state index in [2.05, 4.69) is 0 Å². The van der Waals surface area contributed by atoms with Crippen molar-refractivity contribution in [2.45, 2.75) is 0 Å². The summed E-state index contributed by atoms with van der Waals surface area (Å²) in [5, 5.41) is 11.7. The van der Waals surface area contributed by atoms with Crippen LogP contribution in [0.4, 0.5) is 4.39 Å². The molecule has 0 aliphatic heterocycles. The van der Waals surface area contributed by atoms with Crippen LogP contribution in [0, 0.1) is 5.82 Å². The van der Waals surface area contributed by atoms with Crippen molar-refractivity contribution >= 4 is 28.6 Å². The van der Waals surface area contributed by atoms with Crippen molar-refractivity contribution in [2.75, 3.05) is 0 Å². The van der Waals surface area contributed by atoms with Crippen LogP contribution >= 0.6 is 0 Å². The molecule has 0 radical (unpaired) electrons. The maximum Gasteiger partial charge on any atom is 0.359 e. The van der Waals surface area contributed by atoms with Gasteiger partial charge in [0.15, 0.2) is 0 Å². The monoisotopic (exact) mass is 250 g/mol. The van der Waals surface area contributed by atoms with E-state index in [4.69, 9.17) is 0 Å². The first-order valence-corrected chi connectivity index (χ1v) is 6.17. The van der Waals surface area contributed by atoms with Gasteiger partial charge in [-0.15, -0.1) is 0 Å². The molecule has 3 aromatic carbocycles. The van der Waals surface area contributed by atoms with Crippen LogP contribution in [0.3, 0.4) is 0 Å². The molecule has 0 fully saturated rings. The molecule has 0 unspecified atom stereocenters. The summed E-state index contributed by atoms with van der Waals surface area (Å²) >= 11 is 0. The Balaban J connectivity index is 2.18. The third-order valence-corrected chi connectivity index (χ3v) is 3.31. The second-order valence-corrected chi connectivity index (χ2v) is 4.50. The van der Waals surface area contributed by atoms with E-state index >= 15 is 0 Å². The Morgan fingerprint density at radius 1 is 0.737 bits per heavy atom. The molecule has 0 aromatic heterocycles. The number of benzene rings is 3. The fourth-order valence-corrected chi connectivity index (χ4v) is 2.34. The maximum absolute atomic E-state index is 13.8. The number of hydrogen-bond donors (Lipinski definition) is 1. The lowest BCUT2D eigenvalue weighted by Gasteiger charge is -2.11. The summed E-state index contributed by atoms with van der Waals surface area (Å²) in [6.45, 7) is -0.744. The Hall–Kier alpha value is -2.13. The van der Waals surface area contributed by atoms with E-state index in [0.717, 1.165) is 16.3 Å². The molecule has 3 aromatic rings. The zero-order valence-electron chi connectivity index (χ0n) is 10.3.